The number of aliphatic hydroxyl groups is 1. The smallest absolute Gasteiger partial charge is 0.0898 e. The molecule has 1 aliphatic heterocycles. The topological polar surface area (TPSA) is 23.5 Å². The average Bonchev–Trinajstić information content (AvgIpc) is 2.48. The molecular weight excluding hydrogens is 246 g/mol. The minimum absolute atomic E-state index is 0.160. The SMILES string of the molecule is C[C@H]1N(C(c2ccccc2)c2ccccc2)C[C@]1(C)O. The Morgan fingerprint density at radius 2 is 1.45 bits per heavy atom. The predicted octanol–water partition coefficient (Wildman–Crippen LogP) is 3.23. The molecule has 0 aromatic heterocycles. The maximum absolute atomic E-state index is 10.3. The lowest BCUT2D eigenvalue weighted by Crippen LogP contribution is -2.67. The Labute approximate surface area is 120 Å². The molecule has 0 amide bonds. The highest BCUT2D eigenvalue weighted by Crippen LogP contribution is 2.40. The van der Waals surface area contributed by atoms with Crippen molar-refractivity contribution in [3.8, 4) is 0 Å². The van der Waals surface area contributed by atoms with Crippen LogP contribution in [0, 0.1) is 0 Å². The Hall–Kier alpha value is -1.64. The number of hydrogen-bond donors (Lipinski definition) is 1. The highest BCUT2D eigenvalue weighted by Gasteiger charge is 2.48. The Morgan fingerprint density at radius 3 is 1.80 bits per heavy atom. The van der Waals surface area contributed by atoms with Gasteiger partial charge in [-0.3, -0.25) is 4.90 Å². The fourth-order valence-electron chi connectivity index (χ4n) is 3.04. The molecule has 20 heavy (non-hydrogen) atoms. The van der Waals surface area contributed by atoms with Crippen molar-refractivity contribution in [3.63, 3.8) is 0 Å². The van der Waals surface area contributed by atoms with E-state index in [-0.39, 0.29) is 12.1 Å². The maximum Gasteiger partial charge on any atom is 0.0898 e. The van der Waals surface area contributed by atoms with E-state index in [1.165, 1.54) is 11.1 Å². The molecule has 1 fully saturated rings. The molecule has 0 unspecified atom stereocenters. The van der Waals surface area contributed by atoms with E-state index in [1.807, 2.05) is 19.1 Å². The first-order valence-corrected chi connectivity index (χ1v) is 7.17. The maximum atomic E-state index is 10.3. The summed E-state index contributed by atoms with van der Waals surface area (Å²) in [5, 5.41) is 10.3. The summed E-state index contributed by atoms with van der Waals surface area (Å²) >= 11 is 0. The third kappa shape index (κ3) is 2.26. The van der Waals surface area contributed by atoms with E-state index in [9.17, 15) is 5.11 Å². The Morgan fingerprint density at radius 1 is 1.00 bits per heavy atom. The molecule has 1 N–H and O–H groups in total. The van der Waals surface area contributed by atoms with Crippen molar-refractivity contribution >= 4 is 0 Å². The molecule has 2 aromatic carbocycles. The largest absolute Gasteiger partial charge is 0.387 e. The Bertz CT molecular complexity index is 525. The molecule has 1 saturated heterocycles. The van der Waals surface area contributed by atoms with Gasteiger partial charge in [0, 0.05) is 12.6 Å². The van der Waals surface area contributed by atoms with Crippen molar-refractivity contribution in [2.45, 2.75) is 31.5 Å². The van der Waals surface area contributed by atoms with Gasteiger partial charge in [-0.2, -0.15) is 0 Å². The van der Waals surface area contributed by atoms with Crippen LogP contribution >= 0.6 is 0 Å². The summed E-state index contributed by atoms with van der Waals surface area (Å²) in [6.45, 7) is 4.73. The molecule has 0 aliphatic carbocycles. The Balaban J connectivity index is 1.98. The summed E-state index contributed by atoms with van der Waals surface area (Å²) in [4.78, 5) is 2.37. The third-order valence-electron chi connectivity index (χ3n) is 4.46. The van der Waals surface area contributed by atoms with E-state index in [2.05, 4.69) is 60.4 Å². The van der Waals surface area contributed by atoms with E-state index >= 15 is 0 Å². The second kappa shape index (κ2) is 5.04. The molecule has 2 atom stereocenters. The highest BCUT2D eigenvalue weighted by atomic mass is 16.3. The highest BCUT2D eigenvalue weighted by molar-refractivity contribution is 5.33. The molecule has 0 saturated carbocycles. The summed E-state index contributed by atoms with van der Waals surface area (Å²) in [7, 11) is 0. The molecule has 3 rings (SSSR count). The number of benzene rings is 2. The standard InChI is InChI=1S/C18H21NO/c1-14-18(2,20)13-19(14)17(15-9-5-3-6-10-15)16-11-7-4-8-12-16/h3-12,14,17,20H,13H2,1-2H3/t14-,18+/m1/s1. The molecule has 0 spiro atoms. The van der Waals surface area contributed by atoms with E-state index in [1.54, 1.807) is 0 Å². The van der Waals surface area contributed by atoms with Gasteiger partial charge in [0.1, 0.15) is 0 Å². The van der Waals surface area contributed by atoms with Gasteiger partial charge in [-0.15, -0.1) is 0 Å². The van der Waals surface area contributed by atoms with Gasteiger partial charge in [-0.05, 0) is 25.0 Å². The number of β-amino-alcohol motifs (C(OH)–C–C–N with tert-alkyl or cyclic N) is 1. The molecule has 2 nitrogen and oxygen atoms in total. The third-order valence-corrected chi connectivity index (χ3v) is 4.46. The summed E-state index contributed by atoms with van der Waals surface area (Å²) in [6, 6.07) is 21.4. The molecular formula is C18H21NO. The van der Waals surface area contributed by atoms with Crippen LogP contribution in [0.15, 0.2) is 60.7 Å². The fourth-order valence-corrected chi connectivity index (χ4v) is 3.04. The average molecular weight is 267 g/mol. The number of nitrogens with zero attached hydrogens (tertiary/aromatic N) is 1. The molecule has 2 aromatic rings. The quantitative estimate of drug-likeness (QED) is 0.923. The van der Waals surface area contributed by atoms with Gasteiger partial charge >= 0.3 is 0 Å². The van der Waals surface area contributed by atoms with Crippen molar-refractivity contribution < 1.29 is 5.11 Å². The zero-order valence-corrected chi connectivity index (χ0v) is 12.0. The normalized spacial score (nSPS) is 26.5. The summed E-state index contributed by atoms with van der Waals surface area (Å²) in [5.74, 6) is 0. The van der Waals surface area contributed by atoms with Gasteiger partial charge in [0.25, 0.3) is 0 Å². The van der Waals surface area contributed by atoms with Gasteiger partial charge in [-0.1, -0.05) is 60.7 Å². The van der Waals surface area contributed by atoms with Crippen molar-refractivity contribution in [3.05, 3.63) is 71.8 Å². The first-order valence-electron chi connectivity index (χ1n) is 7.17. The van der Waals surface area contributed by atoms with Crippen LogP contribution in [0.3, 0.4) is 0 Å². The number of hydrogen-bond acceptors (Lipinski definition) is 2. The van der Waals surface area contributed by atoms with Gasteiger partial charge in [0.05, 0.1) is 11.6 Å². The van der Waals surface area contributed by atoms with Crippen LogP contribution < -0.4 is 0 Å². The van der Waals surface area contributed by atoms with Gasteiger partial charge in [0.15, 0.2) is 0 Å². The van der Waals surface area contributed by atoms with Crippen molar-refractivity contribution in [2.75, 3.05) is 6.54 Å². The van der Waals surface area contributed by atoms with Crippen LogP contribution in [0.2, 0.25) is 0 Å². The lowest BCUT2D eigenvalue weighted by Gasteiger charge is -2.54. The van der Waals surface area contributed by atoms with Crippen LogP contribution in [0.25, 0.3) is 0 Å². The number of likely N-dealkylation sites (tertiary alicyclic amines) is 1. The van der Waals surface area contributed by atoms with Crippen LogP contribution in [-0.4, -0.2) is 28.2 Å². The molecule has 0 bridgehead atoms. The van der Waals surface area contributed by atoms with E-state index in [0.29, 0.717) is 6.54 Å². The summed E-state index contributed by atoms with van der Waals surface area (Å²) in [6.07, 6.45) is 0. The van der Waals surface area contributed by atoms with Crippen LogP contribution in [0.1, 0.15) is 31.0 Å². The number of rotatable bonds is 3. The summed E-state index contributed by atoms with van der Waals surface area (Å²) < 4.78 is 0. The van der Waals surface area contributed by atoms with E-state index in [4.69, 9.17) is 0 Å². The van der Waals surface area contributed by atoms with E-state index in [0.717, 1.165) is 0 Å². The lowest BCUT2D eigenvalue weighted by molar-refractivity contribution is -0.145. The van der Waals surface area contributed by atoms with Crippen molar-refractivity contribution in [1.29, 1.82) is 0 Å². The fraction of sp³-hybridized carbons (Fsp3) is 0.333. The first-order chi connectivity index (χ1) is 9.59. The Kier molecular flexibility index (Phi) is 3.36. The summed E-state index contributed by atoms with van der Waals surface area (Å²) in [5.41, 5.74) is 1.98. The monoisotopic (exact) mass is 267 g/mol. The zero-order valence-electron chi connectivity index (χ0n) is 12.0. The molecule has 0 radical (unpaired) electrons. The molecule has 2 heteroatoms. The minimum Gasteiger partial charge on any atom is -0.387 e. The molecule has 1 aliphatic rings. The van der Waals surface area contributed by atoms with Gasteiger partial charge in [0.2, 0.25) is 0 Å². The van der Waals surface area contributed by atoms with Crippen LogP contribution in [0.4, 0.5) is 0 Å². The molecule has 104 valence electrons. The second-order valence-corrected chi connectivity index (χ2v) is 5.93. The first kappa shape index (κ1) is 13.3. The van der Waals surface area contributed by atoms with Crippen LogP contribution in [-0.2, 0) is 0 Å². The van der Waals surface area contributed by atoms with Crippen molar-refractivity contribution in [1.82, 2.24) is 4.90 Å². The second-order valence-electron chi connectivity index (χ2n) is 5.93. The van der Waals surface area contributed by atoms with Crippen molar-refractivity contribution in [2.24, 2.45) is 0 Å². The minimum atomic E-state index is -0.582. The van der Waals surface area contributed by atoms with E-state index < -0.39 is 5.60 Å². The van der Waals surface area contributed by atoms with Gasteiger partial charge < -0.3 is 5.11 Å². The lowest BCUT2D eigenvalue weighted by atomic mass is 9.82. The predicted molar refractivity (Wildman–Crippen MR) is 81.5 cm³/mol. The van der Waals surface area contributed by atoms with Gasteiger partial charge in [-0.25, -0.2) is 0 Å². The molecule has 1 heterocycles. The zero-order chi connectivity index (χ0) is 14.2. The van der Waals surface area contributed by atoms with Crippen LogP contribution in [0.5, 0.6) is 0 Å².